The highest BCUT2D eigenvalue weighted by Crippen LogP contribution is 2.27. The van der Waals surface area contributed by atoms with Gasteiger partial charge in [-0.2, -0.15) is 0 Å². The van der Waals surface area contributed by atoms with Gasteiger partial charge >= 0.3 is 0 Å². The molecule has 0 aliphatic heterocycles. The maximum atomic E-state index is 6.18. The first-order valence-corrected chi connectivity index (χ1v) is 7.77. The van der Waals surface area contributed by atoms with Crippen molar-refractivity contribution in [3.8, 4) is 11.5 Å². The van der Waals surface area contributed by atoms with E-state index in [0.717, 1.165) is 30.3 Å². The van der Waals surface area contributed by atoms with Crippen molar-refractivity contribution in [1.29, 1.82) is 0 Å². The second-order valence-corrected chi connectivity index (χ2v) is 5.45. The molecule has 1 atom stereocenters. The fourth-order valence-corrected chi connectivity index (χ4v) is 2.46. The molecule has 0 unspecified atom stereocenters. The molecule has 0 aromatic heterocycles. The van der Waals surface area contributed by atoms with Gasteiger partial charge in [-0.3, -0.25) is 10.7 Å². The number of rotatable bonds is 7. The van der Waals surface area contributed by atoms with Crippen LogP contribution in [0.4, 0.5) is 0 Å². The van der Waals surface area contributed by atoms with Gasteiger partial charge in [0.1, 0.15) is 0 Å². The second-order valence-electron chi connectivity index (χ2n) is 5.45. The minimum absolute atomic E-state index is 0.182. The van der Waals surface area contributed by atoms with Gasteiger partial charge in [0.15, 0.2) is 11.5 Å². The molecule has 0 heterocycles. The van der Waals surface area contributed by atoms with Crippen molar-refractivity contribution in [3.05, 3.63) is 59.7 Å². The van der Waals surface area contributed by atoms with Gasteiger partial charge in [0.25, 0.3) is 0 Å². The number of amidine groups is 1. The van der Waals surface area contributed by atoms with E-state index in [1.807, 2.05) is 36.4 Å². The lowest BCUT2D eigenvalue weighted by Crippen LogP contribution is -2.77. The summed E-state index contributed by atoms with van der Waals surface area (Å²) in [5, 5.41) is 0. The van der Waals surface area contributed by atoms with E-state index in [1.165, 1.54) is 11.1 Å². The van der Waals surface area contributed by atoms with Crippen LogP contribution >= 0.6 is 0 Å². The van der Waals surface area contributed by atoms with E-state index in [2.05, 4.69) is 24.0 Å². The fraction of sp³-hybridized carbons (Fsp3) is 0.316. The van der Waals surface area contributed by atoms with Gasteiger partial charge in [-0.25, -0.2) is 0 Å². The van der Waals surface area contributed by atoms with Crippen molar-refractivity contribution in [1.82, 2.24) is 0 Å². The normalized spacial score (nSPS) is 12.7. The molecular formula is C19H25N2O2+. The Hall–Kier alpha value is -2.49. The van der Waals surface area contributed by atoms with Gasteiger partial charge in [-0.05, 0) is 30.2 Å². The van der Waals surface area contributed by atoms with Crippen LogP contribution in [0.25, 0.3) is 0 Å². The molecule has 0 amide bonds. The first-order valence-electron chi connectivity index (χ1n) is 7.77. The summed E-state index contributed by atoms with van der Waals surface area (Å²) in [4.78, 5) is 3.32. The van der Waals surface area contributed by atoms with Crippen molar-refractivity contribution in [2.75, 3.05) is 20.8 Å². The molecule has 0 spiro atoms. The molecule has 0 fully saturated rings. The van der Waals surface area contributed by atoms with Gasteiger partial charge in [0.2, 0.25) is 5.84 Å². The Bertz CT molecular complexity index is 654. The standard InChI is InChI=1S/C19H24N2O2/c1-14(16-7-5-4-6-8-16)19(20)21-12-11-15-9-10-17(22-2)18(13-15)23-3/h4-10,13-14H,11-12H2,1-3H3,(H2,20,21)/p+1/t14-/m0/s1. The van der Waals surface area contributed by atoms with Gasteiger partial charge in [0.05, 0.1) is 26.7 Å². The quantitative estimate of drug-likeness (QED) is 0.601. The summed E-state index contributed by atoms with van der Waals surface area (Å²) in [6.07, 6.45) is 0.864. The molecule has 0 bridgehead atoms. The Morgan fingerprint density at radius 3 is 2.39 bits per heavy atom. The Morgan fingerprint density at radius 2 is 1.74 bits per heavy atom. The second kappa shape index (κ2) is 8.22. The van der Waals surface area contributed by atoms with E-state index < -0.39 is 0 Å². The third kappa shape index (κ3) is 4.49. The van der Waals surface area contributed by atoms with Crippen molar-refractivity contribution >= 4 is 5.84 Å². The van der Waals surface area contributed by atoms with Crippen LogP contribution in [0.15, 0.2) is 48.5 Å². The minimum Gasteiger partial charge on any atom is -0.493 e. The smallest absolute Gasteiger partial charge is 0.247 e. The third-order valence-corrected chi connectivity index (χ3v) is 3.96. The summed E-state index contributed by atoms with van der Waals surface area (Å²) in [5.41, 5.74) is 8.56. The zero-order chi connectivity index (χ0) is 16.7. The largest absolute Gasteiger partial charge is 0.493 e. The van der Waals surface area contributed by atoms with Crippen LogP contribution in [-0.4, -0.2) is 26.6 Å². The Balaban J connectivity index is 1.98. The SMILES string of the molecule is COc1ccc(CC[NH+]=C(N)[C@@H](C)c2ccccc2)cc1OC. The summed E-state index contributed by atoms with van der Waals surface area (Å²) in [6.45, 7) is 2.88. The van der Waals surface area contributed by atoms with Gasteiger partial charge in [-0.1, -0.05) is 36.4 Å². The van der Waals surface area contributed by atoms with E-state index in [1.54, 1.807) is 14.2 Å². The first kappa shape index (κ1) is 16.9. The topological polar surface area (TPSA) is 58.5 Å². The number of methoxy groups -OCH3 is 2. The third-order valence-electron chi connectivity index (χ3n) is 3.96. The van der Waals surface area contributed by atoms with Crippen molar-refractivity contribution in [2.24, 2.45) is 5.73 Å². The van der Waals surface area contributed by atoms with Crippen LogP contribution in [-0.2, 0) is 6.42 Å². The highest BCUT2D eigenvalue weighted by molar-refractivity contribution is 5.81. The lowest BCUT2D eigenvalue weighted by atomic mass is 10.0. The average molecular weight is 313 g/mol. The van der Waals surface area contributed by atoms with Gasteiger partial charge in [0, 0.05) is 6.42 Å². The number of hydrogen-bond donors (Lipinski definition) is 2. The molecule has 0 saturated carbocycles. The lowest BCUT2D eigenvalue weighted by Gasteiger charge is -2.09. The zero-order valence-electron chi connectivity index (χ0n) is 14.0. The molecule has 0 saturated heterocycles. The molecule has 4 nitrogen and oxygen atoms in total. The number of benzene rings is 2. The molecule has 0 aliphatic carbocycles. The van der Waals surface area contributed by atoms with E-state index in [-0.39, 0.29) is 5.92 Å². The number of ether oxygens (including phenoxy) is 2. The molecule has 0 radical (unpaired) electrons. The first-order chi connectivity index (χ1) is 11.2. The van der Waals surface area contributed by atoms with Crippen molar-refractivity contribution < 1.29 is 14.5 Å². The summed E-state index contributed by atoms with van der Waals surface area (Å²) >= 11 is 0. The van der Waals surface area contributed by atoms with E-state index in [9.17, 15) is 0 Å². The molecule has 23 heavy (non-hydrogen) atoms. The Labute approximate surface area is 138 Å². The summed E-state index contributed by atoms with van der Waals surface area (Å²) < 4.78 is 10.6. The summed E-state index contributed by atoms with van der Waals surface area (Å²) in [6, 6.07) is 16.2. The maximum Gasteiger partial charge on any atom is 0.247 e. The average Bonchev–Trinajstić information content (AvgIpc) is 2.61. The number of nitrogens with two attached hydrogens (primary N) is 1. The maximum absolute atomic E-state index is 6.18. The Morgan fingerprint density at radius 1 is 1.04 bits per heavy atom. The van der Waals surface area contributed by atoms with Gasteiger partial charge < -0.3 is 9.47 Å². The predicted molar refractivity (Wildman–Crippen MR) is 93.1 cm³/mol. The van der Waals surface area contributed by atoms with Crippen LogP contribution in [0.3, 0.4) is 0 Å². The summed E-state index contributed by atoms with van der Waals surface area (Å²) in [7, 11) is 3.28. The molecule has 4 heteroatoms. The molecule has 3 N–H and O–H groups in total. The van der Waals surface area contributed by atoms with Crippen LogP contribution in [0.1, 0.15) is 24.0 Å². The Kier molecular flexibility index (Phi) is 6.03. The van der Waals surface area contributed by atoms with Crippen LogP contribution in [0, 0.1) is 0 Å². The molecule has 2 aromatic rings. The van der Waals surface area contributed by atoms with E-state index in [4.69, 9.17) is 15.2 Å². The fourth-order valence-electron chi connectivity index (χ4n) is 2.46. The number of hydrogen-bond acceptors (Lipinski definition) is 2. The molecule has 2 aromatic carbocycles. The molecule has 122 valence electrons. The summed E-state index contributed by atoms with van der Waals surface area (Å²) in [5.74, 6) is 2.46. The zero-order valence-corrected chi connectivity index (χ0v) is 14.0. The monoisotopic (exact) mass is 313 g/mol. The van der Waals surface area contributed by atoms with E-state index in [0.29, 0.717) is 0 Å². The lowest BCUT2D eigenvalue weighted by molar-refractivity contribution is -0.459. The van der Waals surface area contributed by atoms with Gasteiger partial charge in [-0.15, -0.1) is 0 Å². The van der Waals surface area contributed by atoms with Crippen molar-refractivity contribution in [3.63, 3.8) is 0 Å². The van der Waals surface area contributed by atoms with Crippen LogP contribution in [0.5, 0.6) is 11.5 Å². The molecular weight excluding hydrogens is 288 g/mol. The highest BCUT2D eigenvalue weighted by atomic mass is 16.5. The predicted octanol–water partition coefficient (Wildman–Crippen LogP) is 1.49. The highest BCUT2D eigenvalue weighted by Gasteiger charge is 2.13. The van der Waals surface area contributed by atoms with Crippen molar-refractivity contribution in [2.45, 2.75) is 19.3 Å². The van der Waals surface area contributed by atoms with E-state index >= 15 is 0 Å². The molecule has 0 aliphatic rings. The van der Waals surface area contributed by atoms with Crippen LogP contribution < -0.4 is 20.2 Å². The number of nitrogens with one attached hydrogen (secondary N) is 1. The minimum atomic E-state index is 0.182. The molecule has 2 rings (SSSR count). The van der Waals surface area contributed by atoms with Crippen LogP contribution in [0.2, 0.25) is 0 Å².